The molecule has 2 N–H and O–H groups in total. The van der Waals surface area contributed by atoms with Crippen LogP contribution in [0.3, 0.4) is 0 Å². The Morgan fingerprint density at radius 2 is 2.20 bits per heavy atom. The number of carbonyl (C=O) groups excluding carboxylic acids is 1. The van der Waals surface area contributed by atoms with Gasteiger partial charge in [0.2, 0.25) is 0 Å². The summed E-state index contributed by atoms with van der Waals surface area (Å²) in [6.07, 6.45) is 0.895. The Bertz CT molecular complexity index is 360. The molecule has 1 aliphatic carbocycles. The molecule has 0 spiro atoms. The van der Waals surface area contributed by atoms with E-state index in [-0.39, 0.29) is 11.4 Å². The fourth-order valence-electron chi connectivity index (χ4n) is 1.75. The molecular formula is C10H13F2NO2. The average molecular weight is 217 g/mol. The summed E-state index contributed by atoms with van der Waals surface area (Å²) in [6.45, 7) is 1.51. The van der Waals surface area contributed by atoms with E-state index in [4.69, 9.17) is 5.11 Å². The molecule has 0 radical (unpaired) electrons. The van der Waals surface area contributed by atoms with Gasteiger partial charge in [-0.2, -0.15) is 8.78 Å². The molecule has 1 aromatic heterocycles. The molecule has 2 rings (SSSR count). The molecule has 0 aromatic carbocycles. The van der Waals surface area contributed by atoms with Gasteiger partial charge in [0, 0.05) is 13.0 Å². The molecule has 0 saturated carbocycles. The predicted octanol–water partition coefficient (Wildman–Crippen LogP) is 1.72. The van der Waals surface area contributed by atoms with E-state index in [0.717, 1.165) is 7.11 Å². The van der Waals surface area contributed by atoms with E-state index < -0.39 is 11.8 Å². The number of hydrogen-bond donors (Lipinski definition) is 2. The molecule has 1 aliphatic rings. The minimum atomic E-state index is -2.81. The summed E-state index contributed by atoms with van der Waals surface area (Å²) in [5, 5.41) is 7.00. The zero-order valence-corrected chi connectivity index (χ0v) is 8.55. The highest BCUT2D eigenvalue weighted by molar-refractivity contribution is 5.73. The molecule has 1 aromatic rings. The lowest BCUT2D eigenvalue weighted by Gasteiger charge is -2.14. The molecule has 84 valence electrons. The van der Waals surface area contributed by atoms with Gasteiger partial charge in [-0.1, -0.05) is 6.92 Å². The summed E-state index contributed by atoms with van der Waals surface area (Å²) < 4.78 is 26.7. The molecule has 0 saturated heterocycles. The van der Waals surface area contributed by atoms with E-state index in [9.17, 15) is 13.6 Å². The maximum Gasteiger partial charge on any atom is 0.290 e. The van der Waals surface area contributed by atoms with Crippen LogP contribution in [0.1, 0.15) is 28.7 Å². The number of halogens is 2. The van der Waals surface area contributed by atoms with Crippen molar-refractivity contribution in [1.82, 2.24) is 4.98 Å². The normalized spacial score (nSPS) is 21.5. The lowest BCUT2D eigenvalue weighted by molar-refractivity contribution is -0.0486. The third-order valence-electron chi connectivity index (χ3n) is 2.53. The number of aliphatic hydroxyl groups excluding tert-OH is 1. The molecule has 1 atom stereocenters. The van der Waals surface area contributed by atoms with Crippen molar-refractivity contribution in [2.45, 2.75) is 19.3 Å². The van der Waals surface area contributed by atoms with Crippen molar-refractivity contribution >= 4 is 6.29 Å². The van der Waals surface area contributed by atoms with Crippen LogP contribution in [-0.2, 0) is 12.3 Å². The summed E-state index contributed by atoms with van der Waals surface area (Å²) in [4.78, 5) is 12.8. The third-order valence-corrected chi connectivity index (χ3v) is 2.53. The summed E-state index contributed by atoms with van der Waals surface area (Å²) in [6, 6.07) is 1.50. The monoisotopic (exact) mass is 217 g/mol. The number of aromatic amines is 1. The van der Waals surface area contributed by atoms with Gasteiger partial charge in [-0.15, -0.1) is 0 Å². The van der Waals surface area contributed by atoms with Crippen LogP contribution in [0.2, 0.25) is 0 Å². The van der Waals surface area contributed by atoms with Crippen LogP contribution in [0.4, 0.5) is 8.78 Å². The number of aromatic nitrogens is 1. The van der Waals surface area contributed by atoms with Gasteiger partial charge in [0.15, 0.2) is 6.29 Å². The van der Waals surface area contributed by atoms with Gasteiger partial charge in [-0.3, -0.25) is 4.79 Å². The van der Waals surface area contributed by atoms with Crippen LogP contribution in [0.5, 0.6) is 0 Å². The van der Waals surface area contributed by atoms with Gasteiger partial charge in [0.1, 0.15) is 0 Å². The number of H-pyrrole nitrogens is 1. The first-order chi connectivity index (χ1) is 7.05. The van der Waals surface area contributed by atoms with Crippen molar-refractivity contribution in [2.75, 3.05) is 7.11 Å². The zero-order chi connectivity index (χ0) is 11.6. The standard InChI is InChI=1S/C9H9F2NO.CH4O/c1-5-2-6-3-7(4-13)12-8(6)9(5,10)11;1-2/h3-5,12H,2H2,1H3;2H,1H3. The lowest BCUT2D eigenvalue weighted by atomic mass is 10.1. The second-order valence-corrected chi connectivity index (χ2v) is 3.47. The minimum Gasteiger partial charge on any atom is -0.400 e. The maximum atomic E-state index is 13.3. The van der Waals surface area contributed by atoms with Crippen LogP contribution in [0.25, 0.3) is 0 Å². The number of hydrogen-bond acceptors (Lipinski definition) is 2. The van der Waals surface area contributed by atoms with Crippen LogP contribution >= 0.6 is 0 Å². The Morgan fingerprint density at radius 1 is 1.60 bits per heavy atom. The Morgan fingerprint density at radius 3 is 2.67 bits per heavy atom. The number of aliphatic hydroxyl groups is 1. The van der Waals surface area contributed by atoms with Crippen molar-refractivity contribution in [3.05, 3.63) is 23.0 Å². The smallest absolute Gasteiger partial charge is 0.290 e. The Balaban J connectivity index is 0.000000531. The van der Waals surface area contributed by atoms with Gasteiger partial charge in [-0.05, 0) is 18.1 Å². The minimum absolute atomic E-state index is 0.0814. The second kappa shape index (κ2) is 4.10. The van der Waals surface area contributed by atoms with Gasteiger partial charge < -0.3 is 10.1 Å². The number of nitrogens with one attached hydrogen (secondary N) is 1. The van der Waals surface area contributed by atoms with Gasteiger partial charge in [0.05, 0.1) is 11.4 Å². The van der Waals surface area contributed by atoms with E-state index in [1.807, 2.05) is 0 Å². The zero-order valence-electron chi connectivity index (χ0n) is 8.55. The van der Waals surface area contributed by atoms with Crippen molar-refractivity contribution in [3.63, 3.8) is 0 Å². The van der Waals surface area contributed by atoms with Crippen molar-refractivity contribution < 1.29 is 18.7 Å². The molecule has 5 heteroatoms. The van der Waals surface area contributed by atoms with Crippen LogP contribution in [-0.4, -0.2) is 23.5 Å². The largest absolute Gasteiger partial charge is 0.400 e. The third kappa shape index (κ3) is 1.79. The molecule has 3 nitrogen and oxygen atoms in total. The molecule has 1 heterocycles. The van der Waals surface area contributed by atoms with Crippen molar-refractivity contribution in [1.29, 1.82) is 0 Å². The first-order valence-corrected chi connectivity index (χ1v) is 4.55. The number of aldehydes is 1. The highest BCUT2D eigenvalue weighted by Gasteiger charge is 2.47. The van der Waals surface area contributed by atoms with Crippen LogP contribution in [0, 0.1) is 5.92 Å². The molecule has 1 unspecified atom stereocenters. The average Bonchev–Trinajstić information content (AvgIpc) is 2.71. The quantitative estimate of drug-likeness (QED) is 0.704. The van der Waals surface area contributed by atoms with Crippen molar-refractivity contribution in [2.24, 2.45) is 5.92 Å². The molecule has 15 heavy (non-hydrogen) atoms. The number of carbonyl (C=O) groups is 1. The molecule has 0 amide bonds. The second-order valence-electron chi connectivity index (χ2n) is 3.47. The number of fused-ring (bicyclic) bond motifs is 1. The Labute approximate surface area is 86.1 Å². The SMILES string of the molecule is CC1Cc2cc(C=O)[nH]c2C1(F)F.CO. The predicted molar refractivity (Wildman–Crippen MR) is 51.1 cm³/mol. The molecule has 0 fully saturated rings. The number of alkyl halides is 2. The highest BCUT2D eigenvalue weighted by atomic mass is 19.3. The van der Waals surface area contributed by atoms with E-state index in [1.54, 1.807) is 0 Å². The fourth-order valence-corrected chi connectivity index (χ4v) is 1.75. The van der Waals surface area contributed by atoms with Crippen LogP contribution in [0.15, 0.2) is 6.07 Å². The topological polar surface area (TPSA) is 53.1 Å². The fraction of sp³-hybridized carbons (Fsp3) is 0.500. The number of rotatable bonds is 1. The van der Waals surface area contributed by atoms with E-state index in [1.165, 1.54) is 13.0 Å². The van der Waals surface area contributed by atoms with Gasteiger partial charge in [0.25, 0.3) is 5.92 Å². The Kier molecular flexibility index (Phi) is 3.24. The van der Waals surface area contributed by atoms with E-state index in [0.29, 0.717) is 18.3 Å². The molecular weight excluding hydrogens is 204 g/mol. The highest BCUT2D eigenvalue weighted by Crippen LogP contribution is 2.45. The maximum absolute atomic E-state index is 13.3. The first-order valence-electron chi connectivity index (χ1n) is 4.55. The molecule has 0 aliphatic heterocycles. The van der Waals surface area contributed by atoms with Crippen molar-refractivity contribution in [3.8, 4) is 0 Å². The molecule has 0 bridgehead atoms. The van der Waals surface area contributed by atoms with Gasteiger partial charge >= 0.3 is 0 Å². The lowest BCUT2D eigenvalue weighted by Crippen LogP contribution is -2.18. The summed E-state index contributed by atoms with van der Waals surface area (Å²) in [5.41, 5.74) is 0.721. The van der Waals surface area contributed by atoms with E-state index >= 15 is 0 Å². The summed E-state index contributed by atoms with van der Waals surface area (Å²) >= 11 is 0. The first kappa shape index (κ1) is 11.8. The Hall–Kier alpha value is -1.23. The van der Waals surface area contributed by atoms with E-state index in [2.05, 4.69) is 4.98 Å². The summed E-state index contributed by atoms with van der Waals surface area (Å²) in [5.74, 6) is -3.48. The summed E-state index contributed by atoms with van der Waals surface area (Å²) in [7, 11) is 1.00. The van der Waals surface area contributed by atoms with Crippen LogP contribution < -0.4 is 0 Å². The van der Waals surface area contributed by atoms with Gasteiger partial charge in [-0.25, -0.2) is 0 Å².